The van der Waals surface area contributed by atoms with Crippen molar-refractivity contribution < 1.29 is 14.3 Å². The van der Waals surface area contributed by atoms with Crippen LogP contribution in [0.1, 0.15) is 35.2 Å². The molecule has 0 saturated carbocycles. The third-order valence-electron chi connectivity index (χ3n) is 5.47. The first-order valence-electron chi connectivity index (χ1n) is 8.42. The van der Waals surface area contributed by atoms with Gasteiger partial charge in [0.15, 0.2) is 0 Å². The molecular formula is C18H26N2O3. The molecule has 0 aromatic carbocycles. The van der Waals surface area contributed by atoms with Crippen LogP contribution in [-0.2, 0) is 9.47 Å². The van der Waals surface area contributed by atoms with Crippen molar-refractivity contribution in [2.75, 3.05) is 40.0 Å². The maximum atomic E-state index is 12.7. The number of piperidine rings is 1. The highest BCUT2D eigenvalue weighted by Crippen LogP contribution is 2.44. The average Bonchev–Trinajstić information content (AvgIpc) is 2.57. The summed E-state index contributed by atoms with van der Waals surface area (Å²) in [4.78, 5) is 18.8. The zero-order valence-electron chi connectivity index (χ0n) is 14.1. The molecular weight excluding hydrogens is 292 g/mol. The monoisotopic (exact) mass is 318 g/mol. The second-order valence-corrected chi connectivity index (χ2v) is 6.88. The van der Waals surface area contributed by atoms with Gasteiger partial charge < -0.3 is 14.4 Å². The molecule has 0 bridgehead atoms. The summed E-state index contributed by atoms with van der Waals surface area (Å²) >= 11 is 0. The topological polar surface area (TPSA) is 51.7 Å². The third kappa shape index (κ3) is 3.40. The SMILES string of the molecule is COCC1COCCC12CCN(C(=O)c1cncc(C)c1)CC2. The minimum atomic E-state index is 0.103. The molecule has 1 aromatic heterocycles. The predicted molar refractivity (Wildman–Crippen MR) is 87.3 cm³/mol. The normalized spacial score (nSPS) is 23.9. The Bertz CT molecular complexity index is 551. The summed E-state index contributed by atoms with van der Waals surface area (Å²) in [5, 5.41) is 0. The Kier molecular flexibility index (Phi) is 4.97. The number of rotatable bonds is 3. The van der Waals surface area contributed by atoms with Crippen LogP contribution in [0.3, 0.4) is 0 Å². The fourth-order valence-electron chi connectivity index (χ4n) is 3.98. The number of carbonyl (C=O) groups is 1. The van der Waals surface area contributed by atoms with Crippen LogP contribution >= 0.6 is 0 Å². The maximum absolute atomic E-state index is 12.7. The highest BCUT2D eigenvalue weighted by Gasteiger charge is 2.44. The van der Waals surface area contributed by atoms with Crippen molar-refractivity contribution in [1.82, 2.24) is 9.88 Å². The highest BCUT2D eigenvalue weighted by molar-refractivity contribution is 5.94. The van der Waals surface area contributed by atoms with Crippen molar-refractivity contribution in [2.24, 2.45) is 11.3 Å². The Labute approximate surface area is 138 Å². The Balaban J connectivity index is 1.66. The van der Waals surface area contributed by atoms with E-state index in [1.54, 1.807) is 19.5 Å². The van der Waals surface area contributed by atoms with Crippen LogP contribution in [-0.4, -0.2) is 55.8 Å². The molecule has 5 nitrogen and oxygen atoms in total. The molecule has 0 radical (unpaired) electrons. The first-order valence-corrected chi connectivity index (χ1v) is 8.42. The Morgan fingerprint density at radius 2 is 2.17 bits per heavy atom. The molecule has 2 fully saturated rings. The molecule has 5 heteroatoms. The number of methoxy groups -OCH3 is 1. The molecule has 126 valence electrons. The van der Waals surface area contributed by atoms with Crippen molar-refractivity contribution in [3.8, 4) is 0 Å². The van der Waals surface area contributed by atoms with Gasteiger partial charge in [0.2, 0.25) is 0 Å². The number of amides is 1. The number of likely N-dealkylation sites (tertiary alicyclic amines) is 1. The summed E-state index contributed by atoms with van der Waals surface area (Å²) in [7, 11) is 1.76. The summed E-state index contributed by atoms with van der Waals surface area (Å²) in [5.41, 5.74) is 1.99. The Morgan fingerprint density at radius 3 is 2.87 bits per heavy atom. The van der Waals surface area contributed by atoms with Crippen molar-refractivity contribution in [2.45, 2.75) is 26.2 Å². The number of pyridine rings is 1. The van der Waals surface area contributed by atoms with Crippen LogP contribution < -0.4 is 0 Å². The van der Waals surface area contributed by atoms with E-state index in [1.165, 1.54) is 0 Å². The number of hydrogen-bond donors (Lipinski definition) is 0. The van der Waals surface area contributed by atoms with Crippen LogP contribution in [0.25, 0.3) is 0 Å². The molecule has 3 heterocycles. The smallest absolute Gasteiger partial charge is 0.255 e. The van der Waals surface area contributed by atoms with Gasteiger partial charge in [0.1, 0.15) is 0 Å². The summed E-state index contributed by atoms with van der Waals surface area (Å²) in [6.07, 6.45) is 6.60. The van der Waals surface area contributed by atoms with E-state index in [9.17, 15) is 4.79 Å². The lowest BCUT2D eigenvalue weighted by molar-refractivity contribution is -0.0912. The first-order chi connectivity index (χ1) is 11.1. The Morgan fingerprint density at radius 1 is 1.39 bits per heavy atom. The summed E-state index contributed by atoms with van der Waals surface area (Å²) < 4.78 is 11.0. The molecule has 1 atom stereocenters. The zero-order chi connectivity index (χ0) is 16.3. The second kappa shape index (κ2) is 6.97. The van der Waals surface area contributed by atoms with Crippen molar-refractivity contribution in [1.29, 1.82) is 0 Å². The van der Waals surface area contributed by atoms with Gasteiger partial charge in [-0.15, -0.1) is 0 Å². The zero-order valence-corrected chi connectivity index (χ0v) is 14.1. The standard InChI is InChI=1S/C18H26N2O3/c1-14-9-15(11-19-10-14)17(21)20-6-3-18(4-7-20)5-8-23-13-16(18)12-22-2/h9-11,16H,3-8,12-13H2,1-2H3. The highest BCUT2D eigenvalue weighted by atomic mass is 16.5. The molecule has 23 heavy (non-hydrogen) atoms. The lowest BCUT2D eigenvalue weighted by Gasteiger charge is -2.48. The van der Waals surface area contributed by atoms with Gasteiger partial charge in [-0.1, -0.05) is 0 Å². The second-order valence-electron chi connectivity index (χ2n) is 6.88. The number of hydrogen-bond acceptors (Lipinski definition) is 4. The number of aromatic nitrogens is 1. The maximum Gasteiger partial charge on any atom is 0.255 e. The minimum Gasteiger partial charge on any atom is -0.384 e. The number of carbonyl (C=O) groups excluding carboxylic acids is 1. The van der Waals surface area contributed by atoms with Crippen LogP contribution in [0, 0.1) is 18.3 Å². The molecule has 0 aliphatic carbocycles. The summed E-state index contributed by atoms with van der Waals surface area (Å²) in [5.74, 6) is 0.547. The molecule has 1 amide bonds. The van der Waals surface area contributed by atoms with Gasteiger partial charge in [-0.25, -0.2) is 0 Å². The lowest BCUT2D eigenvalue weighted by Crippen LogP contribution is -2.50. The van der Waals surface area contributed by atoms with Crippen molar-refractivity contribution in [3.05, 3.63) is 29.6 Å². The van der Waals surface area contributed by atoms with Gasteiger partial charge >= 0.3 is 0 Å². The van der Waals surface area contributed by atoms with E-state index in [1.807, 2.05) is 17.9 Å². The van der Waals surface area contributed by atoms with Crippen LogP contribution in [0.5, 0.6) is 0 Å². The third-order valence-corrected chi connectivity index (χ3v) is 5.47. The van der Waals surface area contributed by atoms with E-state index in [-0.39, 0.29) is 11.3 Å². The minimum absolute atomic E-state index is 0.103. The van der Waals surface area contributed by atoms with Gasteiger partial charge in [0.25, 0.3) is 5.91 Å². The average molecular weight is 318 g/mol. The molecule has 2 saturated heterocycles. The molecule has 2 aliphatic heterocycles. The van der Waals surface area contributed by atoms with Gasteiger partial charge in [0.05, 0.1) is 18.8 Å². The van der Waals surface area contributed by atoms with Crippen molar-refractivity contribution >= 4 is 5.91 Å². The first kappa shape index (κ1) is 16.4. The van der Waals surface area contributed by atoms with E-state index in [0.717, 1.165) is 57.7 Å². The quantitative estimate of drug-likeness (QED) is 0.858. The molecule has 0 N–H and O–H groups in total. The number of aryl methyl sites for hydroxylation is 1. The van der Waals surface area contributed by atoms with Crippen molar-refractivity contribution in [3.63, 3.8) is 0 Å². The fraction of sp³-hybridized carbons (Fsp3) is 0.667. The summed E-state index contributed by atoms with van der Waals surface area (Å²) in [6, 6.07) is 1.92. The van der Waals surface area contributed by atoms with Gasteiger partial charge in [0, 0.05) is 45.1 Å². The van der Waals surface area contributed by atoms with Crippen LogP contribution in [0.2, 0.25) is 0 Å². The van der Waals surface area contributed by atoms with E-state index in [4.69, 9.17) is 9.47 Å². The number of ether oxygens (including phenoxy) is 2. The Hall–Kier alpha value is -1.46. The largest absolute Gasteiger partial charge is 0.384 e. The van der Waals surface area contributed by atoms with Crippen LogP contribution in [0.15, 0.2) is 18.5 Å². The molecule has 1 aromatic rings. The van der Waals surface area contributed by atoms with Crippen LogP contribution in [0.4, 0.5) is 0 Å². The lowest BCUT2D eigenvalue weighted by atomic mass is 9.66. The van der Waals surface area contributed by atoms with E-state index >= 15 is 0 Å². The molecule has 2 aliphatic rings. The van der Waals surface area contributed by atoms with Gasteiger partial charge in [-0.3, -0.25) is 9.78 Å². The predicted octanol–water partition coefficient (Wildman–Crippen LogP) is 2.30. The molecule has 1 spiro atoms. The van der Waals surface area contributed by atoms with E-state index < -0.39 is 0 Å². The molecule has 1 unspecified atom stereocenters. The van der Waals surface area contributed by atoms with Gasteiger partial charge in [-0.2, -0.15) is 0 Å². The number of nitrogens with zero attached hydrogens (tertiary/aromatic N) is 2. The summed E-state index contributed by atoms with van der Waals surface area (Å²) in [6.45, 7) is 5.95. The van der Waals surface area contributed by atoms with E-state index in [2.05, 4.69) is 4.98 Å². The fourth-order valence-corrected chi connectivity index (χ4v) is 3.98. The molecule has 3 rings (SSSR count). The van der Waals surface area contributed by atoms with E-state index in [0.29, 0.717) is 11.5 Å². The van der Waals surface area contributed by atoms with Gasteiger partial charge in [-0.05, 0) is 43.2 Å².